The molecular weight excluding hydrogens is 248 g/mol. The van der Waals surface area contributed by atoms with Crippen molar-refractivity contribution in [1.29, 1.82) is 0 Å². The van der Waals surface area contributed by atoms with Crippen molar-refractivity contribution in [2.45, 2.75) is 18.6 Å². The van der Waals surface area contributed by atoms with Crippen molar-refractivity contribution in [3.63, 3.8) is 0 Å². The van der Waals surface area contributed by atoms with Crippen LogP contribution in [0.25, 0.3) is 6.08 Å². The molecule has 0 radical (unpaired) electrons. The number of hydrogen-bond acceptors (Lipinski definition) is 1. The number of rotatable bonds is 2. The zero-order valence-corrected chi connectivity index (χ0v) is 12.3. The molecule has 1 aliphatic carbocycles. The van der Waals surface area contributed by atoms with E-state index in [0.29, 0.717) is 11.3 Å². The number of aromatic hydroxyl groups is 1. The fourth-order valence-electron chi connectivity index (χ4n) is 3.06. The van der Waals surface area contributed by atoms with Gasteiger partial charge in [0.2, 0.25) is 0 Å². The summed E-state index contributed by atoms with van der Waals surface area (Å²) >= 11 is 0. The monoisotopic (exact) mass is 266 g/mol. The lowest BCUT2D eigenvalue weighted by Crippen LogP contribution is -2.46. The molecule has 1 atom stereocenters. The molecule has 2 aromatic carbocycles. The maximum Gasteiger partial charge on any atom is 0.114 e. The maximum absolute atomic E-state index is 10.2. The van der Waals surface area contributed by atoms with Crippen LogP contribution in [0.15, 0.2) is 54.6 Å². The molecule has 19 heavy (non-hydrogen) atoms. The molecular formula is C17H18OSi. The Balaban J connectivity index is 2.08. The van der Waals surface area contributed by atoms with E-state index in [4.69, 9.17) is 0 Å². The van der Waals surface area contributed by atoms with E-state index >= 15 is 0 Å². The molecule has 0 aromatic heterocycles. The first-order valence-electron chi connectivity index (χ1n) is 6.66. The van der Waals surface area contributed by atoms with Crippen molar-refractivity contribution < 1.29 is 5.11 Å². The molecule has 2 heteroatoms. The van der Waals surface area contributed by atoms with Gasteiger partial charge in [0, 0.05) is 5.54 Å². The molecule has 0 saturated carbocycles. The molecule has 0 spiro atoms. The summed E-state index contributed by atoms with van der Waals surface area (Å²) in [5.74, 6) is 0.442. The highest BCUT2D eigenvalue weighted by Gasteiger charge is 2.37. The van der Waals surface area contributed by atoms with Gasteiger partial charge in [-0.15, -0.1) is 0 Å². The summed E-state index contributed by atoms with van der Waals surface area (Å²) < 4.78 is 0. The zero-order chi connectivity index (χ0) is 13.5. The lowest BCUT2D eigenvalue weighted by atomic mass is 10.1. The minimum Gasteiger partial charge on any atom is -0.508 e. The van der Waals surface area contributed by atoms with Crippen LogP contribution in [0.4, 0.5) is 0 Å². The Kier molecular flexibility index (Phi) is 2.83. The first-order chi connectivity index (χ1) is 9.10. The van der Waals surface area contributed by atoms with E-state index in [9.17, 15) is 5.11 Å². The van der Waals surface area contributed by atoms with Gasteiger partial charge < -0.3 is 5.11 Å². The zero-order valence-electron chi connectivity index (χ0n) is 11.3. The van der Waals surface area contributed by atoms with Gasteiger partial charge in [-0.05, 0) is 22.4 Å². The smallest absolute Gasteiger partial charge is 0.114 e. The second kappa shape index (κ2) is 4.39. The van der Waals surface area contributed by atoms with E-state index in [2.05, 4.69) is 55.6 Å². The average Bonchev–Trinajstić information content (AvgIpc) is 2.83. The van der Waals surface area contributed by atoms with Crippen LogP contribution in [-0.4, -0.2) is 13.2 Å². The Morgan fingerprint density at radius 2 is 1.63 bits per heavy atom. The molecule has 1 nitrogen and oxygen atoms in total. The van der Waals surface area contributed by atoms with Crippen LogP contribution in [-0.2, 0) is 0 Å². The summed E-state index contributed by atoms with van der Waals surface area (Å²) in [6.07, 6.45) is 4.53. The van der Waals surface area contributed by atoms with Crippen LogP contribution < -0.4 is 5.19 Å². The van der Waals surface area contributed by atoms with Gasteiger partial charge in [-0.1, -0.05) is 67.7 Å². The predicted octanol–water partition coefficient (Wildman–Crippen LogP) is 3.66. The van der Waals surface area contributed by atoms with Gasteiger partial charge in [0.1, 0.15) is 5.75 Å². The van der Waals surface area contributed by atoms with Crippen LogP contribution in [0.2, 0.25) is 13.1 Å². The minimum atomic E-state index is -1.78. The van der Waals surface area contributed by atoms with E-state index in [-0.39, 0.29) is 0 Å². The van der Waals surface area contributed by atoms with Gasteiger partial charge in [0.05, 0.1) is 8.07 Å². The van der Waals surface area contributed by atoms with Crippen molar-refractivity contribution in [2.75, 3.05) is 0 Å². The molecule has 2 aromatic rings. The third-order valence-electron chi connectivity index (χ3n) is 4.18. The number of benzene rings is 2. The Morgan fingerprint density at radius 1 is 0.947 bits per heavy atom. The third kappa shape index (κ3) is 1.92. The number of phenols is 1. The fraction of sp³-hybridized carbons (Fsp3) is 0.176. The van der Waals surface area contributed by atoms with E-state index in [1.54, 1.807) is 6.07 Å². The van der Waals surface area contributed by atoms with Crippen LogP contribution in [0.5, 0.6) is 5.75 Å². The normalized spacial score (nSPS) is 17.5. The summed E-state index contributed by atoms with van der Waals surface area (Å²) in [7, 11) is -1.78. The first kappa shape index (κ1) is 12.2. The van der Waals surface area contributed by atoms with Crippen molar-refractivity contribution in [3.8, 4) is 5.75 Å². The number of hydrogen-bond donors (Lipinski definition) is 1. The highest BCUT2D eigenvalue weighted by atomic mass is 28.3. The molecule has 0 heterocycles. The molecule has 0 aliphatic heterocycles. The van der Waals surface area contributed by atoms with Gasteiger partial charge in [0.15, 0.2) is 0 Å². The first-order valence-corrected chi connectivity index (χ1v) is 9.74. The Labute approximate surface area is 115 Å². The van der Waals surface area contributed by atoms with Gasteiger partial charge >= 0.3 is 0 Å². The fourth-order valence-corrected chi connectivity index (χ4v) is 6.29. The maximum atomic E-state index is 10.2. The van der Waals surface area contributed by atoms with Crippen molar-refractivity contribution >= 4 is 19.3 Å². The summed E-state index contributed by atoms with van der Waals surface area (Å²) in [4.78, 5) is 0. The molecule has 0 bridgehead atoms. The van der Waals surface area contributed by atoms with Crippen LogP contribution in [0, 0.1) is 0 Å². The molecule has 0 saturated heterocycles. The van der Waals surface area contributed by atoms with Crippen LogP contribution >= 0.6 is 0 Å². The Bertz CT molecular complexity index is 643. The number of fused-ring (bicyclic) bond motifs is 1. The summed E-state index contributed by atoms with van der Waals surface area (Å²) in [5, 5.41) is 11.3. The van der Waals surface area contributed by atoms with Gasteiger partial charge in [-0.25, -0.2) is 0 Å². The van der Waals surface area contributed by atoms with Crippen molar-refractivity contribution in [2.24, 2.45) is 0 Å². The number of phenolic OH excluding ortho intramolecular Hbond substituents is 1. The molecule has 1 aliphatic rings. The SMILES string of the molecule is C[Si](C)(c1ccccc1O)C1C=Cc2ccccc21. The second-order valence-electron chi connectivity index (χ2n) is 5.70. The number of para-hydroxylation sites is 1. The molecule has 96 valence electrons. The van der Waals surface area contributed by atoms with E-state index in [1.807, 2.05) is 12.1 Å². The van der Waals surface area contributed by atoms with Gasteiger partial charge in [-0.2, -0.15) is 0 Å². The van der Waals surface area contributed by atoms with E-state index in [1.165, 1.54) is 11.1 Å². The second-order valence-corrected chi connectivity index (χ2v) is 10.3. The average molecular weight is 266 g/mol. The molecule has 3 rings (SSSR count). The van der Waals surface area contributed by atoms with E-state index in [0.717, 1.165) is 5.19 Å². The minimum absolute atomic E-state index is 0.442. The standard InChI is InChI=1S/C17H18OSi/c1-19(2,17-10-6-5-9-15(17)18)16-12-11-13-7-3-4-8-14(13)16/h3-12,16,18H,1-2H3. The number of allylic oxidation sites excluding steroid dienone is 1. The quantitative estimate of drug-likeness (QED) is 0.823. The summed E-state index contributed by atoms with van der Waals surface area (Å²) in [6.45, 7) is 4.66. The predicted molar refractivity (Wildman–Crippen MR) is 83.4 cm³/mol. The molecule has 1 unspecified atom stereocenters. The third-order valence-corrected chi connectivity index (χ3v) is 8.04. The highest BCUT2D eigenvalue weighted by molar-refractivity contribution is 6.92. The topological polar surface area (TPSA) is 20.2 Å². The van der Waals surface area contributed by atoms with Crippen molar-refractivity contribution in [3.05, 3.63) is 65.7 Å². The van der Waals surface area contributed by atoms with Crippen molar-refractivity contribution in [1.82, 2.24) is 0 Å². The summed E-state index contributed by atoms with van der Waals surface area (Å²) in [5.41, 5.74) is 3.17. The highest BCUT2D eigenvalue weighted by Crippen LogP contribution is 2.37. The largest absolute Gasteiger partial charge is 0.508 e. The Hall–Kier alpha value is -1.80. The molecule has 0 fully saturated rings. The molecule has 0 amide bonds. The lowest BCUT2D eigenvalue weighted by Gasteiger charge is -2.30. The van der Waals surface area contributed by atoms with Gasteiger partial charge in [0.25, 0.3) is 0 Å². The lowest BCUT2D eigenvalue weighted by molar-refractivity contribution is 0.479. The van der Waals surface area contributed by atoms with Gasteiger partial charge in [-0.3, -0.25) is 0 Å². The van der Waals surface area contributed by atoms with Crippen LogP contribution in [0.1, 0.15) is 16.7 Å². The molecule has 1 N–H and O–H groups in total. The summed E-state index contributed by atoms with van der Waals surface area (Å²) in [6, 6.07) is 16.4. The Morgan fingerprint density at radius 3 is 2.42 bits per heavy atom. The van der Waals surface area contributed by atoms with E-state index < -0.39 is 8.07 Å². The van der Waals surface area contributed by atoms with Crippen LogP contribution in [0.3, 0.4) is 0 Å².